The Morgan fingerprint density at radius 2 is 0.407 bits per heavy atom. The maximum Gasteiger partial charge on any atom is 0.472 e. The molecule has 19 heteroatoms. The number of aliphatic hydroxyl groups excluding tert-OH is 1. The molecule has 0 bridgehead atoms. The Labute approximate surface area is 696 Å². The Kier molecular flexibility index (Phi) is 83.6. The van der Waals surface area contributed by atoms with Crippen LogP contribution in [0, 0.1) is 11.8 Å². The predicted molar refractivity (Wildman–Crippen MR) is 469 cm³/mol. The van der Waals surface area contributed by atoms with Crippen LogP contribution in [0.5, 0.6) is 0 Å². The van der Waals surface area contributed by atoms with Gasteiger partial charge in [-0.15, -0.1) is 0 Å². The smallest absolute Gasteiger partial charge is 0.462 e. The van der Waals surface area contributed by atoms with Gasteiger partial charge < -0.3 is 33.8 Å². The lowest BCUT2D eigenvalue weighted by molar-refractivity contribution is -0.161. The first kappa shape index (κ1) is 111. The molecule has 0 aromatic heterocycles. The lowest BCUT2D eigenvalue weighted by Crippen LogP contribution is -2.30. The first-order chi connectivity index (χ1) is 54.9. The lowest BCUT2D eigenvalue weighted by Gasteiger charge is -2.21. The monoisotopic (exact) mass is 1650 g/mol. The Bertz CT molecular complexity index is 2150. The molecule has 0 aliphatic rings. The summed E-state index contributed by atoms with van der Waals surface area (Å²) >= 11 is 0. The maximum atomic E-state index is 13.2. The summed E-state index contributed by atoms with van der Waals surface area (Å²) in [6.07, 6.45) is 80.6. The normalized spacial score (nSPS) is 13.7. The minimum atomic E-state index is -4.97. The van der Waals surface area contributed by atoms with E-state index in [1.165, 1.54) is 327 Å². The maximum absolute atomic E-state index is 13.2. The fourth-order valence-electron chi connectivity index (χ4n) is 14.8. The third-order valence-corrected chi connectivity index (χ3v) is 24.1. The summed E-state index contributed by atoms with van der Waals surface area (Å²) in [6.45, 7) is 9.79. The molecule has 113 heavy (non-hydrogen) atoms. The summed E-state index contributed by atoms with van der Waals surface area (Å²) in [5, 5.41) is 10.7. The van der Waals surface area contributed by atoms with Crippen LogP contribution in [0.2, 0.25) is 0 Å². The number of carbonyl (C=O) groups is 4. The standard InChI is InChI=1S/C94H184O17P2/c1-7-9-11-13-15-17-19-21-22-23-24-25-26-30-35-41-47-53-59-65-71-77-92(97)105-83-90(111-93(98)78-72-66-60-54-48-42-36-31-28-27-29-33-39-44-50-56-62-68-74-86(3)4)85-109-113(102,103)107-81-88(95)80-106-112(100,101)108-84-89(82-104-91(96)76-70-64-58-52-46-38-20-18-16-14-12-10-8-2)110-94(99)79-73-67-61-55-49-43-37-32-34-40-45-51-57-63-69-75-87(5)6/h86-90,95H,7-85H2,1-6H3,(H,100,101)(H,102,103)/t88-,89+,90+/m0/s1. The summed E-state index contributed by atoms with van der Waals surface area (Å²) in [5.41, 5.74) is 0. The van der Waals surface area contributed by atoms with Gasteiger partial charge >= 0.3 is 39.5 Å². The van der Waals surface area contributed by atoms with Crippen LogP contribution in [0.4, 0.5) is 0 Å². The summed E-state index contributed by atoms with van der Waals surface area (Å²) in [6, 6.07) is 0. The number of carbonyl (C=O) groups excluding carboxylic acids is 4. The van der Waals surface area contributed by atoms with E-state index in [4.69, 9.17) is 37.0 Å². The summed E-state index contributed by atoms with van der Waals surface area (Å²) in [5.74, 6) is -0.468. The number of rotatable bonds is 93. The molecule has 0 amide bonds. The second kappa shape index (κ2) is 85.1. The summed E-state index contributed by atoms with van der Waals surface area (Å²) in [7, 11) is -9.94. The molecule has 2 unspecified atom stereocenters. The molecule has 0 saturated carbocycles. The van der Waals surface area contributed by atoms with Crippen molar-refractivity contribution in [1.29, 1.82) is 0 Å². The van der Waals surface area contributed by atoms with E-state index in [0.717, 1.165) is 102 Å². The van der Waals surface area contributed by atoms with Crippen molar-refractivity contribution >= 4 is 39.5 Å². The molecular formula is C94H184O17P2. The van der Waals surface area contributed by atoms with Gasteiger partial charge in [0.15, 0.2) is 12.2 Å². The van der Waals surface area contributed by atoms with Crippen molar-refractivity contribution in [1.82, 2.24) is 0 Å². The van der Waals surface area contributed by atoms with Crippen molar-refractivity contribution in [2.24, 2.45) is 11.8 Å². The second-order valence-corrected chi connectivity index (χ2v) is 37.6. The number of hydrogen-bond acceptors (Lipinski definition) is 15. The number of phosphoric ester groups is 2. The highest BCUT2D eigenvalue weighted by Gasteiger charge is 2.31. The van der Waals surface area contributed by atoms with E-state index in [0.29, 0.717) is 25.7 Å². The molecule has 0 radical (unpaired) electrons. The van der Waals surface area contributed by atoms with Gasteiger partial charge in [0.1, 0.15) is 19.3 Å². The highest BCUT2D eigenvalue weighted by Crippen LogP contribution is 2.45. The zero-order chi connectivity index (χ0) is 82.7. The van der Waals surface area contributed by atoms with Crippen molar-refractivity contribution < 1.29 is 80.2 Å². The number of ether oxygens (including phenoxy) is 4. The van der Waals surface area contributed by atoms with Crippen LogP contribution in [0.1, 0.15) is 510 Å². The summed E-state index contributed by atoms with van der Waals surface area (Å²) in [4.78, 5) is 73.5. The average Bonchev–Trinajstić information content (AvgIpc) is 0.899. The van der Waals surface area contributed by atoms with Crippen molar-refractivity contribution in [2.75, 3.05) is 39.6 Å². The van der Waals surface area contributed by atoms with Crippen LogP contribution in [-0.4, -0.2) is 96.7 Å². The predicted octanol–water partition coefficient (Wildman–Crippen LogP) is 29.4. The van der Waals surface area contributed by atoms with Crippen molar-refractivity contribution in [3.8, 4) is 0 Å². The molecule has 3 N–H and O–H groups in total. The molecule has 672 valence electrons. The molecule has 0 aliphatic heterocycles. The highest BCUT2D eigenvalue weighted by atomic mass is 31.2. The molecule has 0 aliphatic carbocycles. The third kappa shape index (κ3) is 87.7. The van der Waals surface area contributed by atoms with E-state index in [-0.39, 0.29) is 25.7 Å². The Morgan fingerprint density at radius 3 is 0.602 bits per heavy atom. The van der Waals surface area contributed by atoms with Crippen LogP contribution >= 0.6 is 15.6 Å². The minimum Gasteiger partial charge on any atom is -0.462 e. The first-order valence-electron chi connectivity index (χ1n) is 48.5. The molecule has 0 fully saturated rings. The minimum absolute atomic E-state index is 0.109. The molecule has 0 rings (SSSR count). The van der Waals surface area contributed by atoms with Gasteiger partial charge in [-0.05, 0) is 37.5 Å². The van der Waals surface area contributed by atoms with E-state index in [9.17, 15) is 43.2 Å². The quantitative estimate of drug-likeness (QED) is 0.0222. The van der Waals surface area contributed by atoms with Crippen LogP contribution in [0.3, 0.4) is 0 Å². The molecule has 0 aromatic rings. The van der Waals surface area contributed by atoms with Gasteiger partial charge in [-0.3, -0.25) is 37.3 Å². The van der Waals surface area contributed by atoms with Crippen LogP contribution in [0.25, 0.3) is 0 Å². The summed E-state index contributed by atoms with van der Waals surface area (Å²) < 4.78 is 69.2. The fraction of sp³-hybridized carbons (Fsp3) is 0.957. The first-order valence-corrected chi connectivity index (χ1v) is 51.5. The topological polar surface area (TPSA) is 237 Å². The van der Waals surface area contributed by atoms with E-state index < -0.39 is 97.5 Å². The van der Waals surface area contributed by atoms with Crippen molar-refractivity contribution in [3.05, 3.63) is 0 Å². The van der Waals surface area contributed by atoms with Gasteiger partial charge in [0, 0.05) is 25.7 Å². The third-order valence-electron chi connectivity index (χ3n) is 22.2. The Hall–Kier alpha value is -1.94. The largest absolute Gasteiger partial charge is 0.472 e. The fourth-order valence-corrected chi connectivity index (χ4v) is 16.4. The average molecular weight is 1650 g/mol. The van der Waals surface area contributed by atoms with E-state index >= 15 is 0 Å². The molecule has 0 aromatic carbocycles. The van der Waals surface area contributed by atoms with Crippen LogP contribution in [0.15, 0.2) is 0 Å². The molecule has 0 heterocycles. The highest BCUT2D eigenvalue weighted by molar-refractivity contribution is 7.47. The Balaban J connectivity index is 5.25. The van der Waals surface area contributed by atoms with E-state index in [1.807, 2.05) is 0 Å². The zero-order valence-electron chi connectivity index (χ0n) is 74.7. The van der Waals surface area contributed by atoms with Gasteiger partial charge in [0.2, 0.25) is 0 Å². The number of esters is 4. The van der Waals surface area contributed by atoms with Gasteiger partial charge in [-0.25, -0.2) is 9.13 Å². The van der Waals surface area contributed by atoms with Gasteiger partial charge in [0.05, 0.1) is 26.4 Å². The van der Waals surface area contributed by atoms with E-state index in [2.05, 4.69) is 41.5 Å². The van der Waals surface area contributed by atoms with Gasteiger partial charge in [-0.1, -0.05) is 459 Å². The van der Waals surface area contributed by atoms with Crippen LogP contribution < -0.4 is 0 Å². The number of unbranched alkanes of at least 4 members (excludes halogenated alkanes) is 63. The molecular weight excluding hydrogens is 1460 g/mol. The Morgan fingerprint density at radius 1 is 0.239 bits per heavy atom. The molecule has 17 nitrogen and oxygen atoms in total. The zero-order valence-corrected chi connectivity index (χ0v) is 76.5. The molecule has 5 atom stereocenters. The second-order valence-electron chi connectivity index (χ2n) is 34.7. The number of phosphoric acid groups is 2. The van der Waals surface area contributed by atoms with Gasteiger partial charge in [0.25, 0.3) is 0 Å². The number of hydrogen-bond donors (Lipinski definition) is 3. The van der Waals surface area contributed by atoms with Gasteiger partial charge in [-0.2, -0.15) is 0 Å². The number of aliphatic hydroxyl groups is 1. The van der Waals surface area contributed by atoms with Crippen molar-refractivity contribution in [2.45, 2.75) is 529 Å². The lowest BCUT2D eigenvalue weighted by atomic mass is 10.0. The van der Waals surface area contributed by atoms with Crippen molar-refractivity contribution in [3.63, 3.8) is 0 Å². The van der Waals surface area contributed by atoms with E-state index in [1.54, 1.807) is 0 Å². The SMILES string of the molecule is CCCCCCCCCCCCCCCCCCCCCCCC(=O)OC[C@H](COP(=O)(O)OC[C@@H](O)COP(=O)(O)OC[C@@H](COC(=O)CCCCCCCCCCCCCCC)OC(=O)CCCCCCCCCCCCCCCCCC(C)C)OC(=O)CCCCCCCCCCCCCCCCCCCCC(C)C. The molecule has 0 spiro atoms. The van der Waals surface area contributed by atoms with Crippen LogP contribution in [-0.2, 0) is 65.4 Å². The molecule has 0 saturated heterocycles.